The van der Waals surface area contributed by atoms with Gasteiger partial charge in [-0.1, -0.05) is 25.8 Å². The van der Waals surface area contributed by atoms with Gasteiger partial charge in [-0.2, -0.15) is 0 Å². The molecule has 1 unspecified atom stereocenters. The topological polar surface area (TPSA) is 43.1 Å². The van der Waals surface area contributed by atoms with Gasteiger partial charge in [-0.25, -0.2) is 0 Å². The first-order valence-electron chi connectivity index (χ1n) is 6.22. The van der Waals surface area contributed by atoms with Crippen molar-refractivity contribution >= 4 is 5.78 Å². The number of allylic oxidation sites excluding steroid dienone is 2. The van der Waals surface area contributed by atoms with Gasteiger partial charge >= 0.3 is 0 Å². The van der Waals surface area contributed by atoms with Crippen molar-refractivity contribution in [2.24, 2.45) is 5.73 Å². The number of hydrogen-bond acceptors (Lipinski definition) is 2. The molecular formula is C13H23NO. The Morgan fingerprint density at radius 3 is 3.00 bits per heavy atom. The summed E-state index contributed by atoms with van der Waals surface area (Å²) in [5, 5.41) is 0. The first-order valence-corrected chi connectivity index (χ1v) is 6.22. The number of hydrogen-bond donors (Lipinski definition) is 1. The summed E-state index contributed by atoms with van der Waals surface area (Å²) in [7, 11) is 0. The van der Waals surface area contributed by atoms with Gasteiger partial charge in [0.15, 0.2) is 5.78 Å². The molecule has 0 saturated carbocycles. The SMILES string of the molecule is CCCC(N)CC(=O)C1=CCCCCC1. The molecule has 0 bridgehead atoms. The van der Waals surface area contributed by atoms with Crippen molar-refractivity contribution in [1.82, 2.24) is 0 Å². The van der Waals surface area contributed by atoms with Crippen molar-refractivity contribution in [3.8, 4) is 0 Å². The zero-order valence-corrected chi connectivity index (χ0v) is 9.80. The van der Waals surface area contributed by atoms with Gasteiger partial charge in [0.25, 0.3) is 0 Å². The molecule has 0 aromatic carbocycles. The molecule has 0 heterocycles. The summed E-state index contributed by atoms with van der Waals surface area (Å²) in [5.41, 5.74) is 6.92. The van der Waals surface area contributed by atoms with E-state index in [2.05, 4.69) is 13.0 Å². The highest BCUT2D eigenvalue weighted by molar-refractivity contribution is 5.95. The molecule has 2 nitrogen and oxygen atoms in total. The van der Waals surface area contributed by atoms with Gasteiger partial charge in [-0.15, -0.1) is 0 Å². The van der Waals surface area contributed by atoms with Crippen LogP contribution in [0.2, 0.25) is 0 Å². The van der Waals surface area contributed by atoms with Crippen LogP contribution in [-0.2, 0) is 4.79 Å². The molecule has 0 fully saturated rings. The molecule has 2 N–H and O–H groups in total. The van der Waals surface area contributed by atoms with E-state index in [0.29, 0.717) is 6.42 Å². The molecule has 0 saturated heterocycles. The molecular weight excluding hydrogens is 186 g/mol. The second kappa shape index (κ2) is 6.78. The average Bonchev–Trinajstić information content (AvgIpc) is 2.45. The first kappa shape index (κ1) is 12.4. The van der Waals surface area contributed by atoms with Crippen LogP contribution in [0.25, 0.3) is 0 Å². The van der Waals surface area contributed by atoms with Gasteiger partial charge in [0.05, 0.1) is 0 Å². The van der Waals surface area contributed by atoms with Crippen LogP contribution < -0.4 is 5.73 Å². The number of nitrogens with two attached hydrogens (primary N) is 1. The van der Waals surface area contributed by atoms with Gasteiger partial charge in [0.2, 0.25) is 0 Å². The fourth-order valence-corrected chi connectivity index (χ4v) is 2.11. The smallest absolute Gasteiger partial charge is 0.160 e. The van der Waals surface area contributed by atoms with Crippen molar-refractivity contribution < 1.29 is 4.79 Å². The number of carbonyl (C=O) groups excluding carboxylic acids is 1. The van der Waals surface area contributed by atoms with E-state index in [1.165, 1.54) is 19.3 Å². The molecule has 0 aromatic rings. The van der Waals surface area contributed by atoms with Crippen LogP contribution in [0.15, 0.2) is 11.6 Å². The van der Waals surface area contributed by atoms with E-state index in [1.54, 1.807) is 0 Å². The third-order valence-corrected chi connectivity index (χ3v) is 3.01. The van der Waals surface area contributed by atoms with Crippen LogP contribution in [0, 0.1) is 0 Å². The quantitative estimate of drug-likeness (QED) is 0.756. The predicted octanol–water partition coefficient (Wildman–Crippen LogP) is 2.96. The van der Waals surface area contributed by atoms with E-state index in [4.69, 9.17) is 5.73 Å². The standard InChI is InChI=1S/C13H23NO/c1-2-7-12(14)10-13(15)11-8-5-3-4-6-9-11/h8,12H,2-7,9-10,14H2,1H3. The van der Waals surface area contributed by atoms with Gasteiger partial charge in [-0.3, -0.25) is 4.79 Å². The van der Waals surface area contributed by atoms with Crippen LogP contribution >= 0.6 is 0 Å². The van der Waals surface area contributed by atoms with Gasteiger partial charge < -0.3 is 5.73 Å². The Morgan fingerprint density at radius 1 is 1.47 bits per heavy atom. The maximum Gasteiger partial charge on any atom is 0.160 e. The highest BCUT2D eigenvalue weighted by Crippen LogP contribution is 2.19. The molecule has 1 rings (SSSR count). The predicted molar refractivity (Wildman–Crippen MR) is 63.7 cm³/mol. The maximum absolute atomic E-state index is 11.9. The van der Waals surface area contributed by atoms with Crippen molar-refractivity contribution in [2.45, 2.75) is 64.3 Å². The minimum absolute atomic E-state index is 0.0617. The molecule has 86 valence electrons. The highest BCUT2D eigenvalue weighted by Gasteiger charge is 2.14. The number of rotatable bonds is 5. The van der Waals surface area contributed by atoms with E-state index in [1.807, 2.05) is 0 Å². The Labute approximate surface area is 92.9 Å². The molecule has 0 amide bonds. The Morgan fingerprint density at radius 2 is 2.27 bits per heavy atom. The largest absolute Gasteiger partial charge is 0.327 e. The van der Waals surface area contributed by atoms with Crippen LogP contribution in [0.4, 0.5) is 0 Å². The maximum atomic E-state index is 11.9. The van der Waals surface area contributed by atoms with Crippen LogP contribution in [-0.4, -0.2) is 11.8 Å². The molecule has 0 aromatic heterocycles. The second-order valence-corrected chi connectivity index (χ2v) is 4.50. The van der Waals surface area contributed by atoms with Gasteiger partial charge in [0.1, 0.15) is 0 Å². The number of carbonyl (C=O) groups is 1. The van der Waals surface area contributed by atoms with E-state index in [9.17, 15) is 4.79 Å². The second-order valence-electron chi connectivity index (χ2n) is 4.50. The lowest BCUT2D eigenvalue weighted by molar-refractivity contribution is -0.116. The third kappa shape index (κ3) is 4.61. The monoisotopic (exact) mass is 209 g/mol. The number of Topliss-reactive ketones (excluding diaryl/α,β-unsaturated/α-hetero) is 1. The van der Waals surface area contributed by atoms with Crippen molar-refractivity contribution in [1.29, 1.82) is 0 Å². The van der Waals surface area contributed by atoms with Crippen molar-refractivity contribution in [2.75, 3.05) is 0 Å². The third-order valence-electron chi connectivity index (χ3n) is 3.01. The van der Waals surface area contributed by atoms with Crippen LogP contribution in [0.3, 0.4) is 0 Å². The zero-order chi connectivity index (χ0) is 11.1. The molecule has 1 aliphatic rings. The van der Waals surface area contributed by atoms with E-state index in [0.717, 1.165) is 31.3 Å². The fraction of sp³-hybridized carbons (Fsp3) is 0.769. The van der Waals surface area contributed by atoms with Gasteiger partial charge in [-0.05, 0) is 37.7 Å². The molecule has 2 heteroatoms. The van der Waals surface area contributed by atoms with Crippen LogP contribution in [0.5, 0.6) is 0 Å². The zero-order valence-electron chi connectivity index (χ0n) is 9.80. The summed E-state index contributed by atoms with van der Waals surface area (Å²) < 4.78 is 0. The van der Waals surface area contributed by atoms with E-state index >= 15 is 0 Å². The van der Waals surface area contributed by atoms with Gasteiger partial charge in [0, 0.05) is 12.5 Å². The number of ketones is 1. The molecule has 15 heavy (non-hydrogen) atoms. The molecule has 0 spiro atoms. The summed E-state index contributed by atoms with van der Waals surface area (Å²) in [6.07, 6.45) is 10.4. The minimum Gasteiger partial charge on any atom is -0.327 e. The Kier molecular flexibility index (Phi) is 5.62. The summed E-state index contributed by atoms with van der Waals surface area (Å²) in [5.74, 6) is 0.290. The van der Waals surface area contributed by atoms with Crippen molar-refractivity contribution in [3.63, 3.8) is 0 Å². The lowest BCUT2D eigenvalue weighted by atomic mass is 9.98. The summed E-state index contributed by atoms with van der Waals surface area (Å²) in [4.78, 5) is 11.9. The van der Waals surface area contributed by atoms with E-state index in [-0.39, 0.29) is 11.8 Å². The summed E-state index contributed by atoms with van der Waals surface area (Å²) in [6.45, 7) is 2.11. The summed E-state index contributed by atoms with van der Waals surface area (Å²) in [6, 6.07) is 0.0617. The first-order chi connectivity index (χ1) is 7.24. The average molecular weight is 209 g/mol. The minimum atomic E-state index is 0.0617. The Balaban J connectivity index is 2.41. The molecule has 1 aliphatic carbocycles. The van der Waals surface area contributed by atoms with Crippen molar-refractivity contribution in [3.05, 3.63) is 11.6 Å². The van der Waals surface area contributed by atoms with E-state index < -0.39 is 0 Å². The van der Waals surface area contributed by atoms with Crippen LogP contribution in [0.1, 0.15) is 58.3 Å². The lowest BCUT2D eigenvalue weighted by Crippen LogP contribution is -2.24. The molecule has 1 atom stereocenters. The fourth-order valence-electron chi connectivity index (χ4n) is 2.11. The Hall–Kier alpha value is -0.630. The molecule has 0 aliphatic heterocycles. The highest BCUT2D eigenvalue weighted by atomic mass is 16.1. The molecule has 0 radical (unpaired) electrons. The Bertz CT molecular complexity index is 233. The normalized spacial score (nSPS) is 19.2. The lowest BCUT2D eigenvalue weighted by Gasteiger charge is -2.10. The summed E-state index contributed by atoms with van der Waals surface area (Å²) >= 11 is 0.